The molecule has 0 amide bonds. The van der Waals surface area contributed by atoms with Gasteiger partial charge in [-0.05, 0) is 25.5 Å². The largest absolute Gasteiger partial charge is 0.396 e. The predicted molar refractivity (Wildman–Crippen MR) is 81.5 cm³/mol. The second-order valence-corrected chi connectivity index (χ2v) is 7.35. The lowest BCUT2D eigenvalue weighted by Crippen LogP contribution is -2.26. The number of hydrogen-bond donors (Lipinski definition) is 2. The van der Waals surface area contributed by atoms with Crippen molar-refractivity contribution in [1.29, 1.82) is 0 Å². The quantitative estimate of drug-likeness (QED) is 0.628. The highest BCUT2D eigenvalue weighted by Crippen LogP contribution is 2.10. The third kappa shape index (κ3) is 5.43. The number of aromatic nitrogens is 2. The topological polar surface area (TPSA) is 84.2 Å². The van der Waals surface area contributed by atoms with Gasteiger partial charge in [0.15, 0.2) is 5.03 Å². The van der Waals surface area contributed by atoms with E-state index in [-0.39, 0.29) is 11.6 Å². The van der Waals surface area contributed by atoms with Gasteiger partial charge in [0.05, 0.1) is 0 Å². The molecule has 2 N–H and O–H groups in total. The molecule has 0 radical (unpaired) electrons. The van der Waals surface area contributed by atoms with Gasteiger partial charge in [-0.3, -0.25) is 0 Å². The first-order valence-corrected chi connectivity index (χ1v) is 9.37. The summed E-state index contributed by atoms with van der Waals surface area (Å²) in [6.07, 6.45) is 3.25. The van der Waals surface area contributed by atoms with Crippen molar-refractivity contribution in [1.82, 2.24) is 14.3 Å². The summed E-state index contributed by atoms with van der Waals surface area (Å²) in [5, 5.41) is 8.72. The predicted octanol–water partition coefficient (Wildman–Crippen LogP) is 0.995. The molecule has 0 aromatic carbocycles. The molecule has 1 rings (SSSR count). The second kappa shape index (κ2) is 8.66. The van der Waals surface area contributed by atoms with Gasteiger partial charge < -0.3 is 9.67 Å². The number of aliphatic hydroxyl groups excluding tert-OH is 1. The molecule has 1 heterocycles. The van der Waals surface area contributed by atoms with Crippen molar-refractivity contribution in [3.05, 3.63) is 12.0 Å². The normalized spacial score (nSPS) is 11.9. The molecule has 0 fully saturated rings. The zero-order valence-corrected chi connectivity index (χ0v) is 13.6. The minimum Gasteiger partial charge on any atom is -0.396 e. The van der Waals surface area contributed by atoms with Gasteiger partial charge in [0.2, 0.25) is 0 Å². The van der Waals surface area contributed by atoms with E-state index in [4.69, 9.17) is 5.11 Å². The van der Waals surface area contributed by atoms with Gasteiger partial charge in [-0.2, -0.15) is 11.8 Å². The van der Waals surface area contributed by atoms with E-state index in [1.807, 2.05) is 11.5 Å². The summed E-state index contributed by atoms with van der Waals surface area (Å²) in [6, 6.07) is 0. The molecular formula is C12H23N3O3S2. The number of thioether (sulfide) groups is 1. The first kappa shape index (κ1) is 17.5. The van der Waals surface area contributed by atoms with Gasteiger partial charge in [-0.1, -0.05) is 6.92 Å². The van der Waals surface area contributed by atoms with E-state index in [0.29, 0.717) is 18.1 Å². The monoisotopic (exact) mass is 321 g/mol. The van der Waals surface area contributed by atoms with E-state index in [9.17, 15) is 8.42 Å². The summed E-state index contributed by atoms with van der Waals surface area (Å²) < 4.78 is 28.5. The van der Waals surface area contributed by atoms with Crippen LogP contribution in [0, 0.1) is 6.92 Å². The minimum atomic E-state index is -3.52. The van der Waals surface area contributed by atoms with Crippen LogP contribution in [0.25, 0.3) is 0 Å². The van der Waals surface area contributed by atoms with Crippen molar-refractivity contribution in [3.63, 3.8) is 0 Å². The van der Waals surface area contributed by atoms with Crippen LogP contribution in [0.1, 0.15) is 25.6 Å². The Hall–Kier alpha value is -0.570. The second-order valence-electron chi connectivity index (χ2n) is 4.41. The summed E-state index contributed by atoms with van der Waals surface area (Å²) >= 11 is 1.62. The van der Waals surface area contributed by atoms with E-state index >= 15 is 0 Å². The highest BCUT2D eigenvalue weighted by atomic mass is 32.2. The van der Waals surface area contributed by atoms with Gasteiger partial charge in [-0.15, -0.1) is 0 Å². The molecule has 0 saturated carbocycles. The number of imidazole rings is 1. The van der Waals surface area contributed by atoms with Gasteiger partial charge in [0.25, 0.3) is 10.0 Å². The molecule has 0 atom stereocenters. The van der Waals surface area contributed by atoms with Gasteiger partial charge in [0, 0.05) is 31.6 Å². The molecule has 0 aliphatic heterocycles. The van der Waals surface area contributed by atoms with Crippen LogP contribution in [-0.4, -0.2) is 47.7 Å². The lowest BCUT2D eigenvalue weighted by Gasteiger charge is -2.04. The van der Waals surface area contributed by atoms with E-state index in [2.05, 4.69) is 9.71 Å². The maximum atomic E-state index is 12.1. The molecule has 0 spiro atoms. The molecule has 116 valence electrons. The van der Waals surface area contributed by atoms with E-state index < -0.39 is 10.0 Å². The van der Waals surface area contributed by atoms with Gasteiger partial charge in [0.1, 0.15) is 5.82 Å². The maximum Gasteiger partial charge on any atom is 0.259 e. The summed E-state index contributed by atoms with van der Waals surface area (Å²) in [4.78, 5) is 4.10. The van der Waals surface area contributed by atoms with Crippen LogP contribution in [-0.2, 0) is 16.6 Å². The zero-order valence-electron chi connectivity index (χ0n) is 12.0. The Morgan fingerprint density at radius 1 is 1.45 bits per heavy atom. The first-order valence-electron chi connectivity index (χ1n) is 6.73. The van der Waals surface area contributed by atoms with Crippen LogP contribution in [0.5, 0.6) is 0 Å². The first-order chi connectivity index (χ1) is 9.51. The number of aliphatic hydroxyl groups is 1. The summed E-state index contributed by atoms with van der Waals surface area (Å²) in [7, 11) is -3.52. The van der Waals surface area contributed by atoms with Crippen LogP contribution in [0.4, 0.5) is 0 Å². The van der Waals surface area contributed by atoms with E-state index in [1.54, 1.807) is 24.9 Å². The molecule has 6 nitrogen and oxygen atoms in total. The van der Waals surface area contributed by atoms with Crippen LogP contribution >= 0.6 is 11.8 Å². The van der Waals surface area contributed by atoms with Gasteiger partial charge in [-0.25, -0.2) is 18.1 Å². The fraction of sp³-hybridized carbons (Fsp3) is 0.750. The molecule has 0 unspecified atom stereocenters. The molecule has 1 aromatic heterocycles. The average molecular weight is 321 g/mol. The Balaban J connectivity index is 2.49. The fourth-order valence-corrected chi connectivity index (χ4v) is 3.62. The Labute approximate surface area is 125 Å². The molecule has 0 aliphatic carbocycles. The number of sulfonamides is 1. The minimum absolute atomic E-state index is 0.0869. The number of aryl methyl sites for hydroxylation is 2. The fourth-order valence-electron chi connectivity index (χ4n) is 1.67. The van der Waals surface area contributed by atoms with Crippen molar-refractivity contribution in [2.45, 2.75) is 38.3 Å². The molecule has 20 heavy (non-hydrogen) atoms. The van der Waals surface area contributed by atoms with Crippen LogP contribution in [0.15, 0.2) is 11.2 Å². The van der Waals surface area contributed by atoms with Crippen LogP contribution in [0.2, 0.25) is 0 Å². The average Bonchev–Trinajstić information content (AvgIpc) is 2.77. The highest BCUT2D eigenvalue weighted by molar-refractivity contribution is 7.99. The number of nitrogens with zero attached hydrogens (tertiary/aromatic N) is 2. The highest BCUT2D eigenvalue weighted by Gasteiger charge is 2.18. The Morgan fingerprint density at radius 2 is 2.20 bits per heavy atom. The SMILES string of the molecule is CCCn1cc(S(=O)(=O)NCCSCCCO)nc1C. The van der Waals surface area contributed by atoms with Crippen molar-refractivity contribution < 1.29 is 13.5 Å². The van der Waals surface area contributed by atoms with E-state index in [0.717, 1.165) is 25.1 Å². The zero-order chi connectivity index (χ0) is 15.0. The lowest BCUT2D eigenvalue weighted by molar-refractivity contribution is 0.296. The van der Waals surface area contributed by atoms with Crippen molar-refractivity contribution in [2.75, 3.05) is 24.7 Å². The number of nitrogens with one attached hydrogen (secondary N) is 1. The molecule has 1 aromatic rings. The third-order valence-corrected chi connectivity index (χ3v) is 5.08. The molecule has 0 saturated heterocycles. The summed E-state index contributed by atoms with van der Waals surface area (Å²) in [6.45, 7) is 5.16. The van der Waals surface area contributed by atoms with Crippen molar-refractivity contribution in [3.8, 4) is 0 Å². The molecule has 8 heteroatoms. The van der Waals surface area contributed by atoms with Crippen LogP contribution in [0.3, 0.4) is 0 Å². The summed E-state index contributed by atoms with van der Waals surface area (Å²) in [5.74, 6) is 2.24. The molecular weight excluding hydrogens is 298 g/mol. The Kier molecular flexibility index (Phi) is 7.57. The maximum absolute atomic E-state index is 12.1. The lowest BCUT2D eigenvalue weighted by atomic mass is 10.5. The van der Waals surface area contributed by atoms with E-state index in [1.165, 1.54) is 0 Å². The van der Waals surface area contributed by atoms with Gasteiger partial charge >= 0.3 is 0 Å². The Bertz CT molecular complexity index is 500. The third-order valence-electron chi connectivity index (χ3n) is 2.68. The Morgan fingerprint density at radius 3 is 2.85 bits per heavy atom. The smallest absolute Gasteiger partial charge is 0.259 e. The number of hydrogen-bond acceptors (Lipinski definition) is 5. The standard InChI is InChI=1S/C12H23N3O3S2/c1-3-6-15-10-12(14-11(15)2)20(17,18)13-5-9-19-8-4-7-16/h10,13,16H,3-9H2,1-2H3. The molecule has 0 aliphatic rings. The van der Waals surface area contributed by atoms with Crippen molar-refractivity contribution in [2.24, 2.45) is 0 Å². The number of rotatable bonds is 10. The van der Waals surface area contributed by atoms with Crippen LogP contribution < -0.4 is 4.72 Å². The summed E-state index contributed by atoms with van der Waals surface area (Å²) in [5.41, 5.74) is 0. The molecule has 0 bridgehead atoms. The van der Waals surface area contributed by atoms with Crippen molar-refractivity contribution >= 4 is 21.8 Å².